The molecule has 0 rings (SSSR count). The molecule has 0 atom stereocenters. The zero-order valence-corrected chi connectivity index (χ0v) is 4.06. The number of hydrogen-bond acceptors (Lipinski definition) is 2. The molecule has 0 aromatic rings. The van der Waals surface area contributed by atoms with Crippen molar-refractivity contribution in [2.75, 3.05) is 0 Å². The van der Waals surface area contributed by atoms with Crippen molar-refractivity contribution in [1.82, 2.24) is 0 Å². The highest BCUT2D eigenvalue weighted by atomic mass is 19.1. The van der Waals surface area contributed by atoms with E-state index < -0.39 is 0 Å². The Labute approximate surface area is 41.5 Å². The second-order valence-electron chi connectivity index (χ2n) is 1.03. The third-order valence-electron chi connectivity index (χ3n) is 0.494. The van der Waals surface area contributed by atoms with Crippen molar-refractivity contribution in [2.45, 2.75) is 6.92 Å². The zero-order chi connectivity index (χ0) is 5.70. The molecule has 0 aliphatic rings. The Morgan fingerprint density at radius 1 is 1.86 bits per heavy atom. The van der Waals surface area contributed by atoms with E-state index in [1.165, 1.54) is 6.20 Å². The maximum Gasteiger partial charge on any atom is 0.176 e. The van der Waals surface area contributed by atoms with Gasteiger partial charge < -0.3 is 5.73 Å². The summed E-state index contributed by atoms with van der Waals surface area (Å²) in [5, 5.41) is 0. The summed E-state index contributed by atoms with van der Waals surface area (Å²) in [7, 11) is 0. The number of aliphatic imine (C=N–C) groups is 1. The minimum atomic E-state index is 0.207. The molecule has 0 bridgehead atoms. The van der Waals surface area contributed by atoms with Gasteiger partial charge in [0.05, 0.1) is 5.70 Å². The second kappa shape index (κ2) is 3.33. The minimum Gasteiger partial charge on any atom is -0.403 e. The molecule has 40 valence electrons. The lowest BCUT2D eigenvalue weighted by Crippen LogP contribution is -1.79. The van der Waals surface area contributed by atoms with Gasteiger partial charge in [-0.25, -0.2) is 4.99 Å². The van der Waals surface area contributed by atoms with Crippen molar-refractivity contribution in [3.05, 3.63) is 11.9 Å². The van der Waals surface area contributed by atoms with Gasteiger partial charge in [0.1, 0.15) is 0 Å². The van der Waals surface area contributed by atoms with Crippen LogP contribution in [-0.2, 0) is 0 Å². The van der Waals surface area contributed by atoms with Gasteiger partial charge in [0.2, 0.25) is 0 Å². The van der Waals surface area contributed by atoms with E-state index in [4.69, 9.17) is 5.73 Å². The fourth-order valence-corrected chi connectivity index (χ4v) is 0.120. The fourth-order valence-electron chi connectivity index (χ4n) is 0.120. The predicted octanol–water partition coefficient (Wildman–Crippen LogP) is 0.804. The standard InChI is InChI=1S/C4H7FN2/c1-4(2-6)7-3-5/h2-3H,6H2,1H3/b4-2-,7-3-. The van der Waals surface area contributed by atoms with Crippen LogP contribution in [0.3, 0.4) is 0 Å². The minimum absolute atomic E-state index is 0.207. The van der Waals surface area contributed by atoms with E-state index >= 15 is 0 Å². The lowest BCUT2D eigenvalue weighted by atomic mass is 10.6. The molecule has 7 heavy (non-hydrogen) atoms. The van der Waals surface area contributed by atoms with Gasteiger partial charge in [-0.3, -0.25) is 0 Å². The number of rotatable bonds is 1. The van der Waals surface area contributed by atoms with Crippen molar-refractivity contribution in [3.8, 4) is 0 Å². The van der Waals surface area contributed by atoms with E-state index in [1.807, 2.05) is 0 Å². The van der Waals surface area contributed by atoms with Crippen molar-refractivity contribution in [2.24, 2.45) is 10.7 Å². The largest absolute Gasteiger partial charge is 0.403 e. The molecule has 0 aromatic heterocycles. The Bertz CT molecular complexity index is 95.9. The molecule has 2 nitrogen and oxygen atoms in total. The van der Waals surface area contributed by atoms with Crippen LogP contribution in [0.25, 0.3) is 0 Å². The van der Waals surface area contributed by atoms with Crippen molar-refractivity contribution < 1.29 is 4.39 Å². The first-order valence-electron chi connectivity index (χ1n) is 1.82. The summed E-state index contributed by atoms with van der Waals surface area (Å²) in [4.78, 5) is 3.19. The highest BCUT2D eigenvalue weighted by Gasteiger charge is 1.72. The normalized spacial score (nSPS) is 13.1. The summed E-state index contributed by atoms with van der Waals surface area (Å²) in [6, 6.07) is 0. The molecule has 3 heteroatoms. The van der Waals surface area contributed by atoms with Gasteiger partial charge in [0.15, 0.2) is 6.47 Å². The van der Waals surface area contributed by atoms with Crippen LogP contribution in [0.4, 0.5) is 4.39 Å². The number of nitrogens with two attached hydrogens (primary N) is 1. The van der Waals surface area contributed by atoms with Crippen LogP contribution in [-0.4, -0.2) is 6.47 Å². The molecular weight excluding hydrogens is 95.1 g/mol. The Morgan fingerprint density at radius 2 is 2.43 bits per heavy atom. The van der Waals surface area contributed by atoms with E-state index in [0.717, 1.165) is 0 Å². The van der Waals surface area contributed by atoms with Crippen LogP contribution < -0.4 is 5.73 Å². The first-order chi connectivity index (χ1) is 3.31. The maximum atomic E-state index is 11.0. The lowest BCUT2D eigenvalue weighted by molar-refractivity contribution is 0.837. The second-order valence-corrected chi connectivity index (χ2v) is 1.03. The lowest BCUT2D eigenvalue weighted by Gasteiger charge is -1.80. The average Bonchev–Trinajstić information content (AvgIpc) is 1.68. The van der Waals surface area contributed by atoms with Gasteiger partial charge in [0, 0.05) is 6.20 Å². The summed E-state index contributed by atoms with van der Waals surface area (Å²) >= 11 is 0. The van der Waals surface area contributed by atoms with Crippen molar-refractivity contribution in [3.63, 3.8) is 0 Å². The zero-order valence-electron chi connectivity index (χ0n) is 4.06. The molecule has 0 fully saturated rings. The van der Waals surface area contributed by atoms with Gasteiger partial charge >= 0.3 is 0 Å². The van der Waals surface area contributed by atoms with E-state index in [2.05, 4.69) is 4.99 Å². The quantitative estimate of drug-likeness (QED) is 0.489. The predicted molar refractivity (Wildman–Crippen MR) is 27.5 cm³/mol. The molecule has 0 saturated carbocycles. The van der Waals surface area contributed by atoms with Crippen LogP contribution in [0, 0.1) is 0 Å². The van der Waals surface area contributed by atoms with Crippen LogP contribution in [0.15, 0.2) is 16.9 Å². The van der Waals surface area contributed by atoms with Gasteiger partial charge in [0.25, 0.3) is 0 Å². The topological polar surface area (TPSA) is 38.4 Å². The third kappa shape index (κ3) is 2.96. The molecule has 0 spiro atoms. The first-order valence-corrected chi connectivity index (χ1v) is 1.82. The van der Waals surface area contributed by atoms with E-state index in [1.54, 1.807) is 6.92 Å². The first kappa shape index (κ1) is 6.14. The van der Waals surface area contributed by atoms with Gasteiger partial charge in [-0.15, -0.1) is 0 Å². The summed E-state index contributed by atoms with van der Waals surface area (Å²) in [5.41, 5.74) is 5.39. The molecule has 0 amide bonds. The van der Waals surface area contributed by atoms with Gasteiger partial charge in [-0.05, 0) is 6.92 Å². The molecule has 0 heterocycles. The highest BCUT2D eigenvalue weighted by Crippen LogP contribution is 1.86. The van der Waals surface area contributed by atoms with Crippen LogP contribution in [0.5, 0.6) is 0 Å². The Hall–Kier alpha value is -0.860. The Kier molecular flexibility index (Phi) is 2.92. The van der Waals surface area contributed by atoms with Crippen LogP contribution in [0.2, 0.25) is 0 Å². The van der Waals surface area contributed by atoms with Crippen molar-refractivity contribution in [1.29, 1.82) is 0 Å². The van der Waals surface area contributed by atoms with Gasteiger partial charge in [-0.1, -0.05) is 0 Å². The molecule has 0 aromatic carbocycles. The van der Waals surface area contributed by atoms with E-state index in [-0.39, 0.29) is 6.47 Å². The molecule has 0 aliphatic heterocycles. The fraction of sp³-hybridized carbons (Fsp3) is 0.250. The van der Waals surface area contributed by atoms with Crippen LogP contribution >= 0.6 is 0 Å². The molecule has 0 aliphatic carbocycles. The number of halogens is 1. The molecule has 0 radical (unpaired) electrons. The maximum absolute atomic E-state index is 11.0. The smallest absolute Gasteiger partial charge is 0.176 e. The number of allylic oxidation sites excluding steroid dienone is 1. The molecule has 0 saturated heterocycles. The Morgan fingerprint density at radius 3 is 2.57 bits per heavy atom. The van der Waals surface area contributed by atoms with Crippen molar-refractivity contribution >= 4 is 6.47 Å². The summed E-state index contributed by atoms with van der Waals surface area (Å²) in [6.45, 7) is 1.81. The monoisotopic (exact) mass is 102 g/mol. The van der Waals surface area contributed by atoms with Crippen LogP contribution in [0.1, 0.15) is 6.92 Å². The molecular formula is C4H7FN2. The molecule has 2 N–H and O–H groups in total. The number of nitrogens with zero attached hydrogens (tertiary/aromatic N) is 1. The van der Waals surface area contributed by atoms with E-state index in [0.29, 0.717) is 5.70 Å². The third-order valence-corrected chi connectivity index (χ3v) is 0.494. The number of hydrogen-bond donors (Lipinski definition) is 1. The summed E-state index contributed by atoms with van der Waals surface area (Å²) in [5.74, 6) is 0. The SMILES string of the molecule is CC(=C/N)/N=C\F. The summed E-state index contributed by atoms with van der Waals surface area (Å²) < 4.78 is 11.0. The average molecular weight is 102 g/mol. The van der Waals surface area contributed by atoms with E-state index in [9.17, 15) is 4.39 Å². The summed E-state index contributed by atoms with van der Waals surface area (Å²) in [6.07, 6.45) is 1.23. The van der Waals surface area contributed by atoms with Gasteiger partial charge in [-0.2, -0.15) is 4.39 Å². The highest BCUT2D eigenvalue weighted by molar-refractivity contribution is 5.46. The Balaban J connectivity index is 3.58. The molecule has 0 unspecified atom stereocenters.